The second-order valence-corrected chi connectivity index (χ2v) is 5.79. The van der Waals surface area contributed by atoms with E-state index in [9.17, 15) is 14.7 Å². The van der Waals surface area contributed by atoms with Crippen LogP contribution in [0.15, 0.2) is 64.8 Å². The summed E-state index contributed by atoms with van der Waals surface area (Å²) in [5.41, 5.74) is 2.63. The number of carbonyl (C=O) groups is 2. The molecule has 0 atom stereocenters. The highest BCUT2D eigenvalue weighted by atomic mass is 16.6. The summed E-state index contributed by atoms with van der Waals surface area (Å²) in [5, 5.41) is 21.8. The second kappa shape index (κ2) is 6.41. The van der Waals surface area contributed by atoms with Gasteiger partial charge in [0, 0.05) is 5.56 Å². The fraction of sp³-hybridized carbons (Fsp3) is 0.0526. The van der Waals surface area contributed by atoms with Gasteiger partial charge in [-0.05, 0) is 27.6 Å². The van der Waals surface area contributed by atoms with E-state index in [1.807, 2.05) is 54.6 Å². The number of hydrogen-bond donors (Lipinski definition) is 2. The number of carbonyl (C=O) groups excluding carboxylic acids is 1. The smallest absolute Gasteiger partial charge is 0.451 e. The molecule has 0 spiro atoms. The van der Waals surface area contributed by atoms with Crippen molar-refractivity contribution in [3.63, 3.8) is 0 Å². The number of benzene rings is 3. The number of ether oxygens (including phenoxy) is 1. The van der Waals surface area contributed by atoms with Gasteiger partial charge in [-0.1, -0.05) is 53.6 Å². The molecule has 27 heavy (non-hydrogen) atoms. The van der Waals surface area contributed by atoms with E-state index in [1.54, 1.807) is 0 Å². The third kappa shape index (κ3) is 2.73. The average molecular weight is 362 g/mol. The summed E-state index contributed by atoms with van der Waals surface area (Å²) in [6.07, 6.45) is -0.815. The minimum absolute atomic E-state index is 0.0691. The molecule has 3 aromatic rings. The van der Waals surface area contributed by atoms with Crippen molar-refractivity contribution >= 4 is 45.0 Å². The molecule has 2 N–H and O–H groups in total. The van der Waals surface area contributed by atoms with E-state index in [1.165, 1.54) is 7.11 Å². The topological polar surface area (TPSA) is 104 Å². The van der Waals surface area contributed by atoms with E-state index < -0.39 is 12.1 Å². The van der Waals surface area contributed by atoms with Gasteiger partial charge >= 0.3 is 12.1 Å². The van der Waals surface area contributed by atoms with Crippen LogP contribution in [0.2, 0.25) is 0 Å². The molecule has 0 aromatic heterocycles. The molecule has 0 unspecified atom stereocenters. The zero-order valence-electron chi connectivity index (χ0n) is 14.2. The maximum atomic E-state index is 11.9. The van der Waals surface area contributed by atoms with Crippen LogP contribution >= 0.6 is 0 Å². The number of fused-ring (bicyclic) bond motifs is 2. The van der Waals surface area contributed by atoms with E-state index in [4.69, 9.17) is 0 Å². The average Bonchev–Trinajstić information content (AvgIpc) is 2.70. The molecule has 134 valence electrons. The Balaban J connectivity index is 2.08. The van der Waals surface area contributed by atoms with Crippen LogP contribution in [-0.2, 0) is 9.53 Å². The van der Waals surface area contributed by atoms with Gasteiger partial charge in [0.25, 0.3) is 0 Å². The Hall–Kier alpha value is -3.94. The van der Waals surface area contributed by atoms with Crippen molar-refractivity contribution in [3.05, 3.63) is 60.2 Å². The summed E-state index contributed by atoms with van der Waals surface area (Å²) in [5.74, 6) is -1.26. The number of hydrogen-bond acceptors (Lipinski definition) is 6. The first-order valence-electron chi connectivity index (χ1n) is 8.04. The summed E-state index contributed by atoms with van der Waals surface area (Å²) >= 11 is 0. The van der Waals surface area contributed by atoms with E-state index in [0.29, 0.717) is 5.56 Å². The van der Waals surface area contributed by atoms with E-state index in [2.05, 4.69) is 20.5 Å². The third-order valence-electron chi connectivity index (χ3n) is 4.24. The van der Waals surface area contributed by atoms with Crippen molar-refractivity contribution in [2.75, 3.05) is 7.11 Å². The normalized spacial score (nSPS) is 13.7. The number of carboxylic acid groups (broad SMARTS) is 1. The zero-order valence-corrected chi connectivity index (χ0v) is 14.2. The first-order valence-corrected chi connectivity index (χ1v) is 8.04. The number of amides is 1. The highest BCUT2D eigenvalue weighted by molar-refractivity contribution is 6.70. The Bertz CT molecular complexity index is 1100. The predicted molar refractivity (Wildman–Crippen MR) is 100 cm³/mol. The largest absolute Gasteiger partial charge is 0.476 e. The molecule has 1 aliphatic heterocycles. The molecule has 0 radical (unpaired) electrons. The van der Waals surface area contributed by atoms with Crippen LogP contribution < -0.4 is 5.53 Å². The molecule has 0 fully saturated rings. The number of nitrogens with one attached hydrogen (secondary N) is 1. The van der Waals surface area contributed by atoms with Crippen molar-refractivity contribution < 1.29 is 19.4 Å². The van der Waals surface area contributed by atoms with Crippen LogP contribution in [0.1, 0.15) is 5.56 Å². The van der Waals surface area contributed by atoms with E-state index >= 15 is 0 Å². The predicted octanol–water partition coefficient (Wildman–Crippen LogP) is 2.72. The maximum absolute atomic E-state index is 11.9. The van der Waals surface area contributed by atoms with Crippen LogP contribution in [0, 0.1) is 0 Å². The van der Waals surface area contributed by atoms with Crippen molar-refractivity contribution in [2.24, 2.45) is 10.2 Å². The Morgan fingerprint density at radius 1 is 1.04 bits per heavy atom. The van der Waals surface area contributed by atoms with Gasteiger partial charge in [-0.15, -0.1) is 10.2 Å². The summed E-state index contributed by atoms with van der Waals surface area (Å²) in [4.78, 5) is 23.6. The molecular formula is C19H14N4O4. The lowest BCUT2D eigenvalue weighted by Crippen LogP contribution is -2.44. The number of hydrazine groups is 1. The molecule has 0 aliphatic carbocycles. The highest BCUT2D eigenvalue weighted by Crippen LogP contribution is 2.30. The Morgan fingerprint density at radius 3 is 2.19 bits per heavy atom. The molecule has 1 aliphatic rings. The van der Waals surface area contributed by atoms with Crippen LogP contribution in [0.4, 0.5) is 4.79 Å². The van der Waals surface area contributed by atoms with Crippen molar-refractivity contribution in [3.8, 4) is 0 Å². The standard InChI is InChI=1S/C19H14N4O4/c1-27-19(26)23-21-16(17(18(24)25)20-22-23)15-13-8-4-2-6-11(13)10-12-7-3-5-9-14(12)15/h2-10,22H,1H3,(H,24,25). The number of aliphatic carboxylic acids is 1. The van der Waals surface area contributed by atoms with E-state index in [0.717, 1.165) is 26.7 Å². The summed E-state index contributed by atoms with van der Waals surface area (Å²) < 4.78 is 4.65. The maximum Gasteiger partial charge on any atom is 0.451 e. The Kier molecular flexibility index (Phi) is 3.92. The van der Waals surface area contributed by atoms with Crippen LogP contribution in [-0.4, -0.2) is 40.8 Å². The first-order chi connectivity index (χ1) is 13.1. The third-order valence-corrected chi connectivity index (χ3v) is 4.24. The summed E-state index contributed by atoms with van der Waals surface area (Å²) in [7, 11) is 1.20. The summed E-state index contributed by atoms with van der Waals surface area (Å²) in [6.45, 7) is 0. The minimum Gasteiger partial charge on any atom is -0.476 e. The Morgan fingerprint density at radius 2 is 1.63 bits per heavy atom. The highest BCUT2D eigenvalue weighted by Gasteiger charge is 2.29. The number of rotatable bonds is 2. The lowest BCUT2D eigenvalue weighted by Gasteiger charge is -2.22. The van der Waals surface area contributed by atoms with Gasteiger partial charge in [0.2, 0.25) is 0 Å². The van der Waals surface area contributed by atoms with Gasteiger partial charge in [-0.2, -0.15) is 5.53 Å². The molecular weight excluding hydrogens is 348 g/mol. The van der Waals surface area contributed by atoms with Gasteiger partial charge in [0.05, 0.1) is 7.11 Å². The number of carboxylic acids is 1. The molecule has 0 bridgehead atoms. The first kappa shape index (κ1) is 16.5. The fourth-order valence-electron chi connectivity index (χ4n) is 3.07. The lowest BCUT2D eigenvalue weighted by molar-refractivity contribution is -0.129. The molecule has 0 saturated carbocycles. The van der Waals surface area contributed by atoms with Crippen molar-refractivity contribution in [2.45, 2.75) is 0 Å². The summed E-state index contributed by atoms with van der Waals surface area (Å²) in [6, 6.07) is 17.2. The quantitative estimate of drug-likeness (QED) is 0.682. The van der Waals surface area contributed by atoms with E-state index in [-0.39, 0.29) is 11.4 Å². The van der Waals surface area contributed by atoms with Gasteiger partial charge in [-0.3, -0.25) is 0 Å². The SMILES string of the molecule is COC(=O)N1N=C(c2c3ccccc3cc3ccccc23)C(C(=O)O)=NN1. The van der Waals surface area contributed by atoms with Crippen molar-refractivity contribution in [1.82, 2.24) is 10.7 Å². The molecule has 8 heteroatoms. The monoisotopic (exact) mass is 362 g/mol. The van der Waals surface area contributed by atoms with Crippen LogP contribution in [0.3, 0.4) is 0 Å². The van der Waals surface area contributed by atoms with Gasteiger partial charge < -0.3 is 9.84 Å². The fourth-order valence-corrected chi connectivity index (χ4v) is 3.07. The molecule has 1 heterocycles. The second-order valence-electron chi connectivity index (χ2n) is 5.79. The van der Waals surface area contributed by atoms with Gasteiger partial charge in [0.1, 0.15) is 5.71 Å². The van der Waals surface area contributed by atoms with Gasteiger partial charge in [0.15, 0.2) is 5.71 Å². The zero-order chi connectivity index (χ0) is 19.0. The minimum atomic E-state index is -1.26. The molecule has 0 saturated heterocycles. The van der Waals surface area contributed by atoms with Crippen LogP contribution in [0.25, 0.3) is 21.5 Å². The number of methoxy groups -OCH3 is 1. The molecule has 1 amide bonds. The number of hydrazone groups is 2. The van der Waals surface area contributed by atoms with Crippen molar-refractivity contribution in [1.29, 1.82) is 0 Å². The van der Waals surface area contributed by atoms with Gasteiger partial charge in [-0.25, -0.2) is 9.59 Å². The molecule has 8 nitrogen and oxygen atoms in total. The Labute approximate surface area is 153 Å². The molecule has 3 aromatic carbocycles. The lowest BCUT2D eigenvalue weighted by atomic mass is 9.92. The molecule has 4 rings (SSSR count). The van der Waals surface area contributed by atoms with Crippen LogP contribution in [0.5, 0.6) is 0 Å². The number of nitrogens with zero attached hydrogens (tertiary/aromatic N) is 3.